The van der Waals surface area contributed by atoms with Gasteiger partial charge in [-0.1, -0.05) is 63.2 Å². The second kappa shape index (κ2) is 13.3. The number of rotatable bonds is 12. The lowest BCUT2D eigenvalue weighted by molar-refractivity contribution is -0.140. The van der Waals surface area contributed by atoms with Crippen LogP contribution >= 0.6 is 0 Å². The predicted molar refractivity (Wildman–Crippen MR) is 146 cm³/mol. The molecular formula is C29H33F2N3O4S. The summed E-state index contributed by atoms with van der Waals surface area (Å²) in [5.41, 5.74) is 0.247. The zero-order chi connectivity index (χ0) is 28.6. The van der Waals surface area contributed by atoms with E-state index in [2.05, 4.69) is 5.32 Å². The van der Waals surface area contributed by atoms with Crippen LogP contribution in [0.25, 0.3) is 0 Å². The maximum absolute atomic E-state index is 14.9. The second-order valence-corrected chi connectivity index (χ2v) is 11.3. The normalized spacial score (nSPS) is 12.2. The molecule has 0 heterocycles. The Morgan fingerprint density at radius 3 is 2.10 bits per heavy atom. The first kappa shape index (κ1) is 29.8. The molecule has 0 aliphatic rings. The number of nitrogens with zero attached hydrogens (tertiary/aromatic N) is 2. The van der Waals surface area contributed by atoms with Gasteiger partial charge in [-0.25, -0.2) is 17.2 Å². The van der Waals surface area contributed by atoms with E-state index < -0.39 is 46.1 Å². The Morgan fingerprint density at radius 2 is 1.51 bits per heavy atom. The summed E-state index contributed by atoms with van der Waals surface area (Å²) in [5.74, 6) is -2.23. The average molecular weight is 558 g/mol. The van der Waals surface area contributed by atoms with E-state index in [4.69, 9.17) is 0 Å². The van der Waals surface area contributed by atoms with Gasteiger partial charge in [0.15, 0.2) is 0 Å². The standard InChI is InChI=1S/C29H33F2N3O4S/c1-4-26(29(36)32-18-21(2)3)33(19-22-14-16-23(30)17-15-22)28(35)20-34(27-13-9-8-12-25(27)31)39(37,38)24-10-6-5-7-11-24/h5-17,21,26H,4,18-20H2,1-3H3,(H,32,36)/t26-/m1/s1. The van der Waals surface area contributed by atoms with Crippen molar-refractivity contribution in [3.8, 4) is 0 Å². The van der Waals surface area contributed by atoms with Crippen molar-refractivity contribution in [2.75, 3.05) is 17.4 Å². The number of hydrogen-bond donors (Lipinski definition) is 1. The van der Waals surface area contributed by atoms with Crippen molar-refractivity contribution in [2.24, 2.45) is 5.92 Å². The zero-order valence-corrected chi connectivity index (χ0v) is 23.0. The van der Waals surface area contributed by atoms with E-state index >= 15 is 0 Å². The lowest BCUT2D eigenvalue weighted by Gasteiger charge is -2.33. The molecule has 0 aliphatic carbocycles. The first-order valence-electron chi connectivity index (χ1n) is 12.7. The number of benzene rings is 3. The van der Waals surface area contributed by atoms with Gasteiger partial charge in [0.05, 0.1) is 10.6 Å². The van der Waals surface area contributed by atoms with E-state index in [0.29, 0.717) is 12.1 Å². The van der Waals surface area contributed by atoms with Gasteiger partial charge in [-0.15, -0.1) is 0 Å². The van der Waals surface area contributed by atoms with Crippen LogP contribution in [0.4, 0.5) is 14.5 Å². The molecule has 3 rings (SSSR count). The lowest BCUT2D eigenvalue weighted by Crippen LogP contribution is -2.52. The Labute approximate surface area is 228 Å². The Kier molecular flexibility index (Phi) is 10.2. The fraction of sp³-hybridized carbons (Fsp3) is 0.310. The highest BCUT2D eigenvalue weighted by molar-refractivity contribution is 7.92. The highest BCUT2D eigenvalue weighted by Gasteiger charge is 2.34. The highest BCUT2D eigenvalue weighted by Crippen LogP contribution is 2.27. The van der Waals surface area contributed by atoms with Crippen molar-refractivity contribution in [3.05, 3.63) is 96.1 Å². The van der Waals surface area contributed by atoms with Gasteiger partial charge < -0.3 is 10.2 Å². The van der Waals surface area contributed by atoms with Gasteiger partial charge >= 0.3 is 0 Å². The quantitative estimate of drug-likeness (QED) is 0.349. The zero-order valence-electron chi connectivity index (χ0n) is 22.2. The minimum absolute atomic E-state index is 0.0801. The number of para-hydroxylation sites is 1. The molecule has 208 valence electrons. The van der Waals surface area contributed by atoms with Crippen molar-refractivity contribution >= 4 is 27.5 Å². The third kappa shape index (κ3) is 7.63. The number of halogens is 2. The van der Waals surface area contributed by atoms with Crippen LogP contribution in [0.15, 0.2) is 83.8 Å². The molecule has 10 heteroatoms. The molecular weight excluding hydrogens is 524 g/mol. The molecule has 0 fully saturated rings. The van der Waals surface area contributed by atoms with E-state index in [1.54, 1.807) is 13.0 Å². The minimum Gasteiger partial charge on any atom is -0.354 e. The summed E-state index contributed by atoms with van der Waals surface area (Å²) in [5, 5.41) is 2.83. The molecule has 1 atom stereocenters. The maximum atomic E-state index is 14.9. The molecule has 0 radical (unpaired) electrons. The van der Waals surface area contributed by atoms with E-state index in [9.17, 15) is 26.8 Å². The SMILES string of the molecule is CC[C@H](C(=O)NCC(C)C)N(Cc1ccc(F)cc1)C(=O)CN(c1ccccc1F)S(=O)(=O)c1ccccc1. The number of nitrogens with one attached hydrogen (secondary N) is 1. The van der Waals surface area contributed by atoms with Crippen molar-refractivity contribution in [3.63, 3.8) is 0 Å². The van der Waals surface area contributed by atoms with Crippen LogP contribution in [0.1, 0.15) is 32.8 Å². The fourth-order valence-electron chi connectivity index (χ4n) is 4.02. The summed E-state index contributed by atoms with van der Waals surface area (Å²) >= 11 is 0. The third-order valence-corrected chi connectivity index (χ3v) is 7.84. The van der Waals surface area contributed by atoms with Gasteiger partial charge in [0.2, 0.25) is 11.8 Å². The van der Waals surface area contributed by atoms with E-state index in [1.165, 1.54) is 71.6 Å². The Balaban J connectivity index is 2.04. The first-order chi connectivity index (χ1) is 18.5. The van der Waals surface area contributed by atoms with Gasteiger partial charge in [-0.3, -0.25) is 13.9 Å². The van der Waals surface area contributed by atoms with E-state index in [-0.39, 0.29) is 29.5 Å². The van der Waals surface area contributed by atoms with Crippen molar-refractivity contribution in [1.29, 1.82) is 0 Å². The van der Waals surface area contributed by atoms with Gasteiger partial charge in [0, 0.05) is 13.1 Å². The van der Waals surface area contributed by atoms with Crippen LogP contribution in [-0.4, -0.2) is 44.3 Å². The van der Waals surface area contributed by atoms with Crippen LogP contribution < -0.4 is 9.62 Å². The molecule has 7 nitrogen and oxygen atoms in total. The summed E-state index contributed by atoms with van der Waals surface area (Å²) in [6.45, 7) is 5.15. The number of sulfonamides is 1. The monoisotopic (exact) mass is 557 g/mol. The van der Waals surface area contributed by atoms with Crippen LogP contribution in [0.3, 0.4) is 0 Å². The molecule has 39 heavy (non-hydrogen) atoms. The van der Waals surface area contributed by atoms with Crippen LogP contribution in [0.2, 0.25) is 0 Å². The Morgan fingerprint density at radius 1 is 0.897 bits per heavy atom. The molecule has 0 aromatic heterocycles. The summed E-state index contributed by atoms with van der Waals surface area (Å²) in [6, 6.07) is 17.2. The summed E-state index contributed by atoms with van der Waals surface area (Å²) in [6.07, 6.45) is 0.238. The lowest BCUT2D eigenvalue weighted by atomic mass is 10.1. The summed E-state index contributed by atoms with van der Waals surface area (Å²) in [7, 11) is -4.36. The van der Waals surface area contributed by atoms with E-state index in [1.807, 2.05) is 13.8 Å². The first-order valence-corrected chi connectivity index (χ1v) is 14.1. The van der Waals surface area contributed by atoms with Gasteiger partial charge in [0.1, 0.15) is 24.2 Å². The topological polar surface area (TPSA) is 86.8 Å². The van der Waals surface area contributed by atoms with Crippen molar-refractivity contribution < 1.29 is 26.8 Å². The molecule has 0 unspecified atom stereocenters. The average Bonchev–Trinajstić information content (AvgIpc) is 2.92. The number of amides is 2. The van der Waals surface area contributed by atoms with Crippen molar-refractivity contribution in [1.82, 2.24) is 10.2 Å². The minimum atomic E-state index is -4.36. The van der Waals surface area contributed by atoms with Crippen LogP contribution in [-0.2, 0) is 26.2 Å². The summed E-state index contributed by atoms with van der Waals surface area (Å²) < 4.78 is 56.5. The van der Waals surface area contributed by atoms with Gasteiger partial charge in [-0.05, 0) is 54.3 Å². The number of carbonyl (C=O) groups excluding carboxylic acids is 2. The fourth-order valence-corrected chi connectivity index (χ4v) is 5.46. The van der Waals surface area contributed by atoms with Crippen LogP contribution in [0, 0.1) is 17.6 Å². The molecule has 0 bridgehead atoms. The third-order valence-electron chi connectivity index (χ3n) is 6.07. The molecule has 0 aliphatic heterocycles. The molecule has 2 amide bonds. The molecule has 1 N–H and O–H groups in total. The van der Waals surface area contributed by atoms with Crippen LogP contribution in [0.5, 0.6) is 0 Å². The summed E-state index contributed by atoms with van der Waals surface area (Å²) in [4.78, 5) is 28.2. The Hall–Kier alpha value is -3.79. The van der Waals surface area contributed by atoms with E-state index in [0.717, 1.165) is 10.4 Å². The van der Waals surface area contributed by atoms with Gasteiger partial charge in [-0.2, -0.15) is 0 Å². The number of carbonyl (C=O) groups is 2. The van der Waals surface area contributed by atoms with Crippen molar-refractivity contribution in [2.45, 2.75) is 44.7 Å². The molecule has 0 saturated carbocycles. The predicted octanol–water partition coefficient (Wildman–Crippen LogP) is 4.74. The molecule has 3 aromatic rings. The smallest absolute Gasteiger partial charge is 0.264 e. The largest absolute Gasteiger partial charge is 0.354 e. The molecule has 3 aromatic carbocycles. The van der Waals surface area contributed by atoms with Gasteiger partial charge in [0.25, 0.3) is 10.0 Å². The molecule has 0 saturated heterocycles. The maximum Gasteiger partial charge on any atom is 0.264 e. The second-order valence-electron chi connectivity index (χ2n) is 9.49. The number of anilines is 1. The molecule has 0 spiro atoms. The Bertz CT molecular complexity index is 1370. The number of hydrogen-bond acceptors (Lipinski definition) is 4. The highest BCUT2D eigenvalue weighted by atomic mass is 32.2.